The van der Waals surface area contributed by atoms with Gasteiger partial charge in [-0.3, -0.25) is 14.2 Å². The van der Waals surface area contributed by atoms with Crippen molar-refractivity contribution in [3.05, 3.63) is 39.0 Å². The van der Waals surface area contributed by atoms with Gasteiger partial charge in [0.25, 0.3) is 5.56 Å². The molecule has 2 aliphatic rings. The Balaban J connectivity index is 1.79. The summed E-state index contributed by atoms with van der Waals surface area (Å²) in [5, 5.41) is 2.89. The number of ether oxygens (including phenoxy) is 1. The van der Waals surface area contributed by atoms with Gasteiger partial charge in [0, 0.05) is 20.1 Å². The van der Waals surface area contributed by atoms with Crippen LogP contribution in [0, 0.1) is 5.92 Å². The van der Waals surface area contributed by atoms with E-state index in [9.17, 15) is 22.8 Å². The predicted octanol–water partition coefficient (Wildman–Crippen LogP) is -1.64. The Morgan fingerprint density at radius 3 is 2.70 bits per heavy atom. The summed E-state index contributed by atoms with van der Waals surface area (Å²) in [5.41, 5.74) is -0.892. The van der Waals surface area contributed by atoms with E-state index in [1.54, 1.807) is 0 Å². The molecule has 0 aliphatic carbocycles. The number of amides is 1. The number of nitrogens with one attached hydrogen (secondary N) is 2. The van der Waals surface area contributed by atoms with Crippen molar-refractivity contribution in [2.24, 2.45) is 13.0 Å². The van der Waals surface area contributed by atoms with E-state index in [1.165, 1.54) is 29.6 Å². The van der Waals surface area contributed by atoms with Gasteiger partial charge in [0.1, 0.15) is 0 Å². The molecule has 2 atom stereocenters. The van der Waals surface area contributed by atoms with E-state index in [4.69, 9.17) is 4.74 Å². The molecule has 2 aromatic rings. The molecule has 27 heavy (non-hydrogen) atoms. The van der Waals surface area contributed by atoms with Crippen molar-refractivity contribution in [3.8, 4) is 0 Å². The van der Waals surface area contributed by atoms with Crippen LogP contribution in [0.2, 0.25) is 0 Å². The van der Waals surface area contributed by atoms with Crippen LogP contribution < -0.4 is 16.6 Å². The van der Waals surface area contributed by atoms with Crippen molar-refractivity contribution < 1.29 is 17.9 Å². The van der Waals surface area contributed by atoms with E-state index >= 15 is 0 Å². The number of benzene rings is 1. The van der Waals surface area contributed by atoms with Crippen LogP contribution in [0.1, 0.15) is 0 Å². The molecule has 10 nitrogen and oxygen atoms in total. The molecule has 1 aromatic heterocycles. The van der Waals surface area contributed by atoms with Crippen molar-refractivity contribution in [1.29, 1.82) is 0 Å². The average Bonchev–Trinajstić information content (AvgIpc) is 2.88. The first-order valence-electron chi connectivity index (χ1n) is 8.39. The average molecular weight is 394 g/mol. The predicted molar refractivity (Wildman–Crippen MR) is 94.8 cm³/mol. The summed E-state index contributed by atoms with van der Waals surface area (Å²) < 4.78 is 33.8. The lowest BCUT2D eigenvalue weighted by atomic mass is 10.1. The molecule has 0 spiro atoms. The lowest BCUT2D eigenvalue weighted by Crippen LogP contribution is -2.44. The number of H-pyrrole nitrogens is 1. The molecule has 0 radical (unpaired) electrons. The maximum absolute atomic E-state index is 13.1. The van der Waals surface area contributed by atoms with Crippen molar-refractivity contribution in [2.75, 3.05) is 26.3 Å². The molecule has 4 rings (SSSR count). The zero-order valence-electron chi connectivity index (χ0n) is 14.5. The lowest BCUT2D eigenvalue weighted by molar-refractivity contribution is -0.125. The number of hydrogen-bond acceptors (Lipinski definition) is 6. The van der Waals surface area contributed by atoms with E-state index in [2.05, 4.69) is 10.3 Å². The Morgan fingerprint density at radius 1 is 1.15 bits per heavy atom. The van der Waals surface area contributed by atoms with E-state index < -0.39 is 33.2 Å². The van der Waals surface area contributed by atoms with Crippen LogP contribution in [-0.2, 0) is 26.6 Å². The molecule has 0 unspecified atom stereocenters. The maximum atomic E-state index is 13.1. The zero-order valence-corrected chi connectivity index (χ0v) is 15.3. The highest BCUT2D eigenvalue weighted by atomic mass is 32.2. The number of fused-ring (bicyclic) bond motifs is 4. The first-order chi connectivity index (χ1) is 12.8. The van der Waals surface area contributed by atoms with Gasteiger partial charge in [-0.2, -0.15) is 4.31 Å². The van der Waals surface area contributed by atoms with Gasteiger partial charge >= 0.3 is 5.69 Å². The number of aromatic amines is 1. The Morgan fingerprint density at radius 2 is 1.93 bits per heavy atom. The van der Waals surface area contributed by atoms with Gasteiger partial charge in [-0.15, -0.1) is 0 Å². The Labute approximate surface area is 153 Å². The third-order valence-electron chi connectivity index (χ3n) is 4.91. The van der Waals surface area contributed by atoms with Crippen LogP contribution >= 0.6 is 0 Å². The maximum Gasteiger partial charge on any atom is 0.328 e. The molecular formula is C16H18N4O6S. The highest BCUT2D eigenvalue weighted by molar-refractivity contribution is 7.89. The first-order valence-corrected chi connectivity index (χ1v) is 9.83. The Kier molecular flexibility index (Phi) is 4.17. The molecule has 0 saturated carbocycles. The van der Waals surface area contributed by atoms with Crippen molar-refractivity contribution in [1.82, 2.24) is 19.2 Å². The summed E-state index contributed by atoms with van der Waals surface area (Å²) in [5.74, 6) is -0.808. The highest BCUT2D eigenvalue weighted by Gasteiger charge is 2.38. The fraction of sp³-hybridized carbons (Fsp3) is 0.438. The van der Waals surface area contributed by atoms with Gasteiger partial charge in [0.15, 0.2) is 0 Å². The topological polar surface area (TPSA) is 131 Å². The Hall–Kier alpha value is -2.50. The van der Waals surface area contributed by atoms with Crippen molar-refractivity contribution in [2.45, 2.75) is 10.9 Å². The SMILES string of the molecule is Cn1c(=O)[nH]c2ccc(S(=O)(=O)N3C[C@H]4COC[C@@H](C3)C(=O)N4)cc2c1=O. The van der Waals surface area contributed by atoms with Gasteiger partial charge in [0.2, 0.25) is 15.9 Å². The second-order valence-corrected chi connectivity index (χ2v) is 8.70. The van der Waals surface area contributed by atoms with E-state index in [-0.39, 0.29) is 48.0 Å². The van der Waals surface area contributed by atoms with E-state index in [0.717, 1.165) is 4.57 Å². The summed E-state index contributed by atoms with van der Waals surface area (Å²) in [6.07, 6.45) is 0. The van der Waals surface area contributed by atoms with E-state index in [1.807, 2.05) is 0 Å². The molecule has 1 amide bonds. The monoisotopic (exact) mass is 394 g/mol. The molecule has 2 bridgehead atoms. The third kappa shape index (κ3) is 2.97. The zero-order chi connectivity index (χ0) is 19.3. The number of sulfonamides is 1. The number of nitrogens with zero attached hydrogens (tertiary/aromatic N) is 2. The highest BCUT2D eigenvalue weighted by Crippen LogP contribution is 2.23. The van der Waals surface area contributed by atoms with Gasteiger partial charge in [-0.25, -0.2) is 13.2 Å². The van der Waals surface area contributed by atoms with Gasteiger partial charge < -0.3 is 15.0 Å². The molecule has 2 aliphatic heterocycles. The van der Waals surface area contributed by atoms with Crippen LogP contribution in [-0.4, -0.2) is 60.5 Å². The molecular weight excluding hydrogens is 376 g/mol. The molecule has 144 valence electrons. The van der Waals surface area contributed by atoms with Crippen LogP contribution in [0.15, 0.2) is 32.7 Å². The minimum Gasteiger partial charge on any atom is -0.378 e. The number of aromatic nitrogens is 2. The van der Waals surface area contributed by atoms with Crippen LogP contribution in [0.25, 0.3) is 10.9 Å². The largest absolute Gasteiger partial charge is 0.378 e. The van der Waals surface area contributed by atoms with Gasteiger partial charge in [-0.05, 0) is 18.2 Å². The minimum absolute atomic E-state index is 0.00629. The summed E-state index contributed by atoms with van der Waals surface area (Å²) >= 11 is 0. The van der Waals surface area contributed by atoms with Crippen LogP contribution in [0.3, 0.4) is 0 Å². The van der Waals surface area contributed by atoms with E-state index in [0.29, 0.717) is 0 Å². The second-order valence-electron chi connectivity index (χ2n) is 6.76. The standard InChI is InChI=1S/C16H18N4O6S/c1-19-15(22)12-4-11(2-3-13(12)18-16(19)23)27(24,25)20-5-9-7-26-8-10(6-20)17-14(9)21/h2-4,9-10H,5-8H2,1H3,(H,17,21)(H,18,23)/t9-,10+/m1/s1. The van der Waals surface area contributed by atoms with Gasteiger partial charge in [-0.1, -0.05) is 0 Å². The third-order valence-corrected chi connectivity index (χ3v) is 6.74. The molecule has 1 aromatic carbocycles. The van der Waals surface area contributed by atoms with Crippen LogP contribution in [0.5, 0.6) is 0 Å². The number of rotatable bonds is 2. The summed E-state index contributed by atoms with van der Waals surface area (Å²) in [4.78, 5) is 38.6. The molecule has 3 heterocycles. The molecule has 11 heteroatoms. The lowest BCUT2D eigenvalue weighted by Gasteiger charge is -2.27. The summed E-state index contributed by atoms with van der Waals surface area (Å²) in [6.45, 7) is 0.500. The number of hydrogen-bond donors (Lipinski definition) is 2. The first kappa shape index (κ1) is 17.9. The van der Waals surface area contributed by atoms with Crippen LogP contribution in [0.4, 0.5) is 0 Å². The molecule has 2 N–H and O–H groups in total. The smallest absolute Gasteiger partial charge is 0.328 e. The quantitative estimate of drug-likeness (QED) is 0.628. The summed E-state index contributed by atoms with van der Waals surface area (Å²) in [7, 11) is -2.62. The normalized spacial score (nSPS) is 23.8. The number of carbonyl (C=O) groups excluding carboxylic acids is 1. The number of carbonyl (C=O) groups is 1. The fourth-order valence-electron chi connectivity index (χ4n) is 3.38. The van der Waals surface area contributed by atoms with Crippen molar-refractivity contribution in [3.63, 3.8) is 0 Å². The summed E-state index contributed by atoms with van der Waals surface area (Å²) in [6, 6.07) is 3.58. The fourth-order valence-corrected chi connectivity index (χ4v) is 4.93. The van der Waals surface area contributed by atoms with Gasteiger partial charge in [0.05, 0.1) is 41.0 Å². The Bertz CT molecular complexity index is 1150. The molecule has 2 fully saturated rings. The minimum atomic E-state index is -3.94. The second kappa shape index (κ2) is 6.29. The van der Waals surface area contributed by atoms with Crippen molar-refractivity contribution >= 4 is 26.8 Å². The molecule has 2 saturated heterocycles.